The molecule has 4 nitrogen and oxygen atoms in total. The highest BCUT2D eigenvalue weighted by Crippen LogP contribution is 2.42. The summed E-state index contributed by atoms with van der Waals surface area (Å²) in [5.41, 5.74) is 0.351. The molecule has 7 heteroatoms. The zero-order chi connectivity index (χ0) is 18.5. The normalized spacial score (nSPS) is 16.4. The number of carbonyl (C=O) groups is 1. The van der Waals surface area contributed by atoms with Gasteiger partial charge in [0, 0.05) is 35.5 Å². The molecule has 0 unspecified atom stereocenters. The Bertz CT molecular complexity index is 1000. The van der Waals surface area contributed by atoms with Crippen LogP contribution in [0, 0.1) is 0 Å². The number of benzene rings is 2. The van der Waals surface area contributed by atoms with Crippen molar-refractivity contribution < 1.29 is 27.8 Å². The zero-order valence-electron chi connectivity index (χ0n) is 13.7. The molecule has 136 valence electrons. The van der Waals surface area contributed by atoms with E-state index in [-0.39, 0.29) is 17.0 Å². The molecule has 4 rings (SSSR count). The average Bonchev–Trinajstić information content (AvgIpc) is 2.95. The van der Waals surface area contributed by atoms with Crippen molar-refractivity contribution >= 4 is 27.8 Å². The van der Waals surface area contributed by atoms with Gasteiger partial charge in [0.2, 0.25) is 0 Å². The highest BCUT2D eigenvalue weighted by Gasteiger charge is 2.35. The van der Waals surface area contributed by atoms with E-state index in [4.69, 9.17) is 4.74 Å². The minimum absolute atomic E-state index is 0.0312. The smallest absolute Gasteiger partial charge is 0.417 e. The number of nitrogens with zero attached hydrogens (tertiary/aromatic N) is 1. The second-order valence-electron chi connectivity index (χ2n) is 6.45. The molecule has 1 aliphatic rings. The number of alkyl halides is 3. The fourth-order valence-electron chi connectivity index (χ4n) is 3.80. The number of halogens is 3. The van der Waals surface area contributed by atoms with Gasteiger partial charge in [-0.1, -0.05) is 12.1 Å². The average molecular weight is 363 g/mol. The van der Waals surface area contributed by atoms with E-state index in [0.717, 1.165) is 6.07 Å². The molecule has 0 saturated carbocycles. The lowest BCUT2D eigenvalue weighted by molar-refractivity contribution is -0.136. The number of ether oxygens (including phenoxy) is 1. The van der Waals surface area contributed by atoms with Crippen molar-refractivity contribution in [1.29, 1.82) is 0 Å². The first kappa shape index (κ1) is 16.9. The lowest BCUT2D eigenvalue weighted by Crippen LogP contribution is -2.19. The maximum Gasteiger partial charge on any atom is 0.417 e. The first-order valence-corrected chi connectivity index (χ1v) is 8.33. The van der Waals surface area contributed by atoms with Crippen molar-refractivity contribution in [2.45, 2.75) is 25.1 Å². The van der Waals surface area contributed by atoms with Gasteiger partial charge in [-0.25, -0.2) is 4.79 Å². The molecule has 26 heavy (non-hydrogen) atoms. The fourth-order valence-corrected chi connectivity index (χ4v) is 3.80. The second-order valence-corrected chi connectivity index (χ2v) is 6.45. The summed E-state index contributed by atoms with van der Waals surface area (Å²) in [5, 5.41) is 9.84. The number of fused-ring (bicyclic) bond motifs is 3. The minimum atomic E-state index is -4.49. The van der Waals surface area contributed by atoms with Crippen LogP contribution in [0.15, 0.2) is 36.4 Å². The Morgan fingerprint density at radius 3 is 2.50 bits per heavy atom. The third-order valence-corrected chi connectivity index (χ3v) is 4.94. The number of rotatable bonds is 2. The van der Waals surface area contributed by atoms with E-state index in [1.165, 1.54) is 24.3 Å². The quantitative estimate of drug-likeness (QED) is 0.707. The van der Waals surface area contributed by atoms with Crippen LogP contribution in [0.25, 0.3) is 21.8 Å². The van der Waals surface area contributed by atoms with E-state index in [9.17, 15) is 23.1 Å². The topological polar surface area (TPSA) is 51.5 Å². The molecule has 0 aliphatic carbocycles. The Morgan fingerprint density at radius 1 is 1.12 bits per heavy atom. The first-order chi connectivity index (χ1) is 12.4. The molecule has 2 aromatic carbocycles. The number of aromatic nitrogens is 1. The summed E-state index contributed by atoms with van der Waals surface area (Å²) in [6.45, 7) is 1.06. The molecule has 3 aromatic rings. The third-order valence-electron chi connectivity index (χ3n) is 4.94. The maximum atomic E-state index is 13.6. The number of carboxylic acid groups (broad SMARTS) is 1. The molecule has 0 amide bonds. The van der Waals surface area contributed by atoms with Gasteiger partial charge in [0.1, 0.15) is 0 Å². The molecule has 1 fully saturated rings. The van der Waals surface area contributed by atoms with Gasteiger partial charge in [-0.2, -0.15) is 13.2 Å². The third kappa shape index (κ3) is 2.63. The van der Waals surface area contributed by atoms with E-state index in [0.29, 0.717) is 42.5 Å². The summed E-state index contributed by atoms with van der Waals surface area (Å²) in [4.78, 5) is 11.4. The van der Waals surface area contributed by atoms with Crippen LogP contribution < -0.4 is 0 Å². The van der Waals surface area contributed by atoms with Gasteiger partial charge in [0.15, 0.2) is 0 Å². The number of hydrogen-bond acceptors (Lipinski definition) is 2. The van der Waals surface area contributed by atoms with Crippen LogP contribution in [0.1, 0.15) is 34.8 Å². The molecule has 0 radical (unpaired) electrons. The van der Waals surface area contributed by atoms with Crippen LogP contribution in [0.4, 0.5) is 13.2 Å². The molecule has 1 saturated heterocycles. The fraction of sp³-hybridized carbons (Fsp3) is 0.316. The molecule has 2 heterocycles. The van der Waals surface area contributed by atoms with Crippen molar-refractivity contribution in [2.24, 2.45) is 0 Å². The Kier molecular flexibility index (Phi) is 3.91. The molecule has 0 spiro atoms. The van der Waals surface area contributed by atoms with Crippen LogP contribution in [-0.4, -0.2) is 28.9 Å². The summed E-state index contributed by atoms with van der Waals surface area (Å²) < 4.78 is 48.0. The van der Waals surface area contributed by atoms with Gasteiger partial charge < -0.3 is 14.4 Å². The van der Waals surface area contributed by atoms with Crippen molar-refractivity contribution in [2.75, 3.05) is 13.2 Å². The minimum Gasteiger partial charge on any atom is -0.478 e. The van der Waals surface area contributed by atoms with E-state index >= 15 is 0 Å². The van der Waals surface area contributed by atoms with E-state index in [2.05, 4.69) is 0 Å². The molecule has 1 aliphatic heterocycles. The van der Waals surface area contributed by atoms with Gasteiger partial charge in [0.25, 0.3) is 0 Å². The van der Waals surface area contributed by atoms with Gasteiger partial charge >= 0.3 is 12.1 Å². The molecule has 1 aromatic heterocycles. The van der Waals surface area contributed by atoms with Crippen molar-refractivity contribution in [3.63, 3.8) is 0 Å². The number of aromatic carboxylic acids is 1. The van der Waals surface area contributed by atoms with Crippen molar-refractivity contribution in [3.05, 3.63) is 47.5 Å². The van der Waals surface area contributed by atoms with Crippen LogP contribution in [-0.2, 0) is 10.9 Å². The van der Waals surface area contributed by atoms with Gasteiger partial charge in [0.05, 0.1) is 16.6 Å². The molecule has 0 bridgehead atoms. The second kappa shape index (κ2) is 6.02. The highest BCUT2D eigenvalue weighted by atomic mass is 19.4. The molecular formula is C19H16F3NO3. The predicted octanol–water partition coefficient (Wildman–Crippen LogP) is 4.86. The van der Waals surface area contributed by atoms with Gasteiger partial charge in [-0.15, -0.1) is 0 Å². The lowest BCUT2D eigenvalue weighted by atomic mass is 10.0. The molecule has 1 N–H and O–H groups in total. The van der Waals surface area contributed by atoms with Crippen LogP contribution in [0.5, 0.6) is 0 Å². The van der Waals surface area contributed by atoms with Crippen molar-refractivity contribution in [1.82, 2.24) is 4.57 Å². The molecular weight excluding hydrogens is 347 g/mol. The summed E-state index contributed by atoms with van der Waals surface area (Å²) in [7, 11) is 0. The first-order valence-electron chi connectivity index (χ1n) is 8.33. The monoisotopic (exact) mass is 363 g/mol. The van der Waals surface area contributed by atoms with Gasteiger partial charge in [-0.05, 0) is 37.1 Å². The Labute approximate surface area is 146 Å². The summed E-state index contributed by atoms with van der Waals surface area (Å²) >= 11 is 0. The van der Waals surface area contributed by atoms with Gasteiger partial charge in [-0.3, -0.25) is 0 Å². The SMILES string of the molecule is O=C(O)c1ccc2c3c(C(F)(F)F)cccc3n(C3CCOCC3)c2c1. The summed E-state index contributed by atoms with van der Waals surface area (Å²) in [6, 6.07) is 8.40. The van der Waals surface area contributed by atoms with Crippen LogP contribution in [0.3, 0.4) is 0 Å². The Hall–Kier alpha value is -2.54. The molecule has 0 atom stereocenters. The number of carboxylic acids is 1. The number of hydrogen-bond donors (Lipinski definition) is 1. The van der Waals surface area contributed by atoms with E-state index in [1.54, 1.807) is 6.07 Å². The lowest BCUT2D eigenvalue weighted by Gasteiger charge is -2.25. The van der Waals surface area contributed by atoms with Crippen molar-refractivity contribution in [3.8, 4) is 0 Å². The van der Waals surface area contributed by atoms with E-state index < -0.39 is 17.7 Å². The van der Waals surface area contributed by atoms with Crippen LogP contribution in [0.2, 0.25) is 0 Å². The maximum absolute atomic E-state index is 13.6. The largest absolute Gasteiger partial charge is 0.478 e. The van der Waals surface area contributed by atoms with Crippen LogP contribution >= 0.6 is 0 Å². The standard InChI is InChI=1S/C19H16F3NO3/c20-19(21,22)14-2-1-3-15-17(14)13-5-4-11(18(24)25)10-16(13)23(15)12-6-8-26-9-7-12/h1-5,10,12H,6-9H2,(H,24,25). The summed E-state index contributed by atoms with van der Waals surface area (Å²) in [6.07, 6.45) is -3.14. The Balaban J connectivity index is 2.10. The predicted molar refractivity (Wildman–Crippen MR) is 90.5 cm³/mol. The van der Waals surface area contributed by atoms with E-state index in [1.807, 2.05) is 4.57 Å². The highest BCUT2D eigenvalue weighted by molar-refractivity contribution is 6.11. The summed E-state index contributed by atoms with van der Waals surface area (Å²) in [5.74, 6) is -1.10. The Morgan fingerprint density at radius 2 is 1.85 bits per heavy atom. The zero-order valence-corrected chi connectivity index (χ0v) is 13.7.